The molecule has 0 unspecified atom stereocenters. The molecule has 2 aromatic heterocycles. The number of amides is 1. The van der Waals surface area contributed by atoms with E-state index < -0.39 is 17.8 Å². The van der Waals surface area contributed by atoms with Crippen LogP contribution in [0.15, 0.2) is 42.7 Å². The summed E-state index contributed by atoms with van der Waals surface area (Å²) in [6, 6.07) is 10.0. The number of nitrogens with one attached hydrogen (secondary N) is 3. The van der Waals surface area contributed by atoms with Crippen molar-refractivity contribution in [1.29, 1.82) is 5.26 Å². The molecule has 4 aromatic rings. The number of aromatic amines is 1. The molecule has 1 amide bonds. The summed E-state index contributed by atoms with van der Waals surface area (Å²) in [5.41, 5.74) is 3.22. The third-order valence-corrected chi connectivity index (χ3v) is 7.29. The summed E-state index contributed by atoms with van der Waals surface area (Å²) in [5, 5.41) is 27.1. The largest absolute Gasteiger partial charge is 0.469 e. The summed E-state index contributed by atoms with van der Waals surface area (Å²) in [6.07, 6.45) is 7.00. The molecule has 0 radical (unpaired) electrons. The SMILES string of the molecule is COC(=O)Cc1ccc2c(c1)NCCCCC[C@H](NC(=O)/C=C/c1c(-n3cnnn3)ccc(Cl)c1F)c1nc(C#N)c-2[nH]1. The Bertz CT molecular complexity index is 1710. The number of ether oxygens (including phenoxy) is 1. The van der Waals surface area contributed by atoms with Gasteiger partial charge in [-0.25, -0.2) is 9.37 Å². The lowest BCUT2D eigenvalue weighted by atomic mass is 10.0. The number of nitrogens with zero attached hydrogens (tertiary/aromatic N) is 6. The summed E-state index contributed by atoms with van der Waals surface area (Å²) in [4.78, 5) is 32.7. The van der Waals surface area contributed by atoms with Gasteiger partial charge in [0.05, 0.1) is 36.0 Å². The smallest absolute Gasteiger partial charge is 0.309 e. The van der Waals surface area contributed by atoms with Crippen LogP contribution in [0.2, 0.25) is 5.02 Å². The second kappa shape index (κ2) is 13.3. The number of halogens is 2. The van der Waals surface area contributed by atoms with Crippen LogP contribution in [0.4, 0.5) is 10.1 Å². The summed E-state index contributed by atoms with van der Waals surface area (Å²) < 4.78 is 21.0. The number of aromatic nitrogens is 6. The van der Waals surface area contributed by atoms with Gasteiger partial charge >= 0.3 is 5.97 Å². The molecule has 0 aliphatic carbocycles. The number of benzene rings is 2. The van der Waals surface area contributed by atoms with Gasteiger partial charge < -0.3 is 20.4 Å². The Hall–Kier alpha value is -5.09. The highest BCUT2D eigenvalue weighted by molar-refractivity contribution is 6.31. The van der Waals surface area contributed by atoms with E-state index in [4.69, 9.17) is 16.3 Å². The summed E-state index contributed by atoms with van der Waals surface area (Å²) in [5.74, 6) is -1.15. The molecule has 43 heavy (non-hydrogen) atoms. The number of carbonyl (C=O) groups is 2. The Morgan fingerprint density at radius 2 is 2.14 bits per heavy atom. The van der Waals surface area contributed by atoms with Gasteiger partial charge in [0.1, 0.15) is 18.2 Å². The van der Waals surface area contributed by atoms with E-state index in [-0.39, 0.29) is 28.7 Å². The highest BCUT2D eigenvalue weighted by Crippen LogP contribution is 2.33. The van der Waals surface area contributed by atoms with Gasteiger partial charge in [0.2, 0.25) is 5.91 Å². The number of esters is 1. The van der Waals surface area contributed by atoms with Gasteiger partial charge in [-0.05, 0) is 53.1 Å². The van der Waals surface area contributed by atoms with E-state index in [1.807, 2.05) is 12.1 Å². The molecular formula is C29H27ClFN9O3. The number of carbonyl (C=O) groups excluding carboxylic acids is 2. The zero-order valence-electron chi connectivity index (χ0n) is 23.1. The number of hydrogen-bond acceptors (Lipinski definition) is 9. The summed E-state index contributed by atoms with van der Waals surface area (Å²) in [6.45, 7) is 0.673. The molecule has 1 atom stereocenters. The molecule has 5 rings (SSSR count). The lowest BCUT2D eigenvalue weighted by Crippen LogP contribution is -2.28. The molecule has 0 saturated heterocycles. The van der Waals surface area contributed by atoms with Gasteiger partial charge in [0.15, 0.2) is 11.5 Å². The molecule has 14 heteroatoms. The molecule has 220 valence electrons. The van der Waals surface area contributed by atoms with Crippen molar-refractivity contribution in [2.45, 2.75) is 38.1 Å². The van der Waals surface area contributed by atoms with Gasteiger partial charge in [0.25, 0.3) is 0 Å². The van der Waals surface area contributed by atoms with Crippen molar-refractivity contribution in [3.8, 4) is 23.0 Å². The van der Waals surface area contributed by atoms with Crippen molar-refractivity contribution >= 4 is 35.2 Å². The molecular weight excluding hydrogens is 577 g/mol. The summed E-state index contributed by atoms with van der Waals surface area (Å²) >= 11 is 6.00. The van der Waals surface area contributed by atoms with Crippen molar-refractivity contribution in [3.63, 3.8) is 0 Å². The van der Waals surface area contributed by atoms with Gasteiger partial charge in [-0.15, -0.1) is 5.10 Å². The first-order valence-electron chi connectivity index (χ1n) is 13.5. The first-order valence-corrected chi connectivity index (χ1v) is 13.9. The number of H-pyrrole nitrogens is 1. The predicted molar refractivity (Wildman–Crippen MR) is 155 cm³/mol. The van der Waals surface area contributed by atoms with Crippen LogP contribution in [-0.4, -0.2) is 55.7 Å². The fourth-order valence-corrected chi connectivity index (χ4v) is 5.02. The Morgan fingerprint density at radius 3 is 2.91 bits per heavy atom. The third kappa shape index (κ3) is 6.70. The zero-order chi connectivity index (χ0) is 30.3. The normalized spacial score (nSPS) is 15.0. The number of rotatable bonds is 6. The first kappa shape index (κ1) is 29.4. The number of methoxy groups -OCH3 is 1. The van der Waals surface area contributed by atoms with Crippen molar-refractivity contribution < 1.29 is 18.7 Å². The van der Waals surface area contributed by atoms with Crippen LogP contribution in [0.25, 0.3) is 23.0 Å². The Labute approximate surface area is 250 Å². The van der Waals surface area contributed by atoms with Crippen LogP contribution >= 0.6 is 11.6 Å². The van der Waals surface area contributed by atoms with E-state index in [2.05, 4.69) is 42.2 Å². The monoisotopic (exact) mass is 603 g/mol. The van der Waals surface area contributed by atoms with Crippen molar-refractivity contribution in [2.24, 2.45) is 0 Å². The predicted octanol–water partition coefficient (Wildman–Crippen LogP) is 4.29. The maximum absolute atomic E-state index is 15.0. The minimum atomic E-state index is -0.721. The highest BCUT2D eigenvalue weighted by atomic mass is 35.5. The minimum Gasteiger partial charge on any atom is -0.469 e. The average molecular weight is 604 g/mol. The first-order chi connectivity index (χ1) is 20.9. The molecule has 0 saturated carbocycles. The van der Waals surface area contributed by atoms with Crippen LogP contribution < -0.4 is 10.6 Å². The molecule has 0 fully saturated rings. The van der Waals surface area contributed by atoms with Gasteiger partial charge in [-0.3, -0.25) is 9.59 Å². The van der Waals surface area contributed by atoms with Gasteiger partial charge in [-0.1, -0.05) is 36.6 Å². The van der Waals surface area contributed by atoms with E-state index in [1.165, 1.54) is 36.3 Å². The second-order valence-electron chi connectivity index (χ2n) is 9.81. The number of anilines is 1. The molecule has 3 heterocycles. The van der Waals surface area contributed by atoms with Crippen LogP contribution in [-0.2, 0) is 20.7 Å². The van der Waals surface area contributed by atoms with Crippen LogP contribution in [0.1, 0.15) is 54.4 Å². The number of tetrazole rings is 1. The van der Waals surface area contributed by atoms with E-state index >= 15 is 0 Å². The Morgan fingerprint density at radius 1 is 1.28 bits per heavy atom. The van der Waals surface area contributed by atoms with E-state index in [9.17, 15) is 19.2 Å². The number of fused-ring (bicyclic) bond motifs is 4. The standard InChI is InChI=1S/C29H27ClFN9O3/c1-43-26(42)14-17-6-7-18-22(13-17)33-12-4-2-3-5-21(29-36-23(15-32)28(18)37-29)35-25(41)11-8-19-24(40-16-34-38-39-40)10-9-20(30)27(19)31/h6-11,13,16,21,33H,2-5,12,14H2,1H3,(H,35,41)(H,36,37)/b11-8+/t21-/m0/s1. The lowest BCUT2D eigenvalue weighted by molar-refractivity contribution is -0.139. The zero-order valence-corrected chi connectivity index (χ0v) is 23.9. The van der Waals surface area contributed by atoms with Crippen molar-refractivity contribution in [2.75, 3.05) is 19.0 Å². The Kier molecular flexibility index (Phi) is 9.07. The fourth-order valence-electron chi connectivity index (χ4n) is 4.85. The summed E-state index contributed by atoms with van der Waals surface area (Å²) in [7, 11) is 1.34. The molecule has 2 aromatic carbocycles. The number of nitriles is 1. The highest BCUT2D eigenvalue weighted by Gasteiger charge is 2.23. The van der Waals surface area contributed by atoms with Gasteiger partial charge in [0, 0.05) is 29.4 Å². The molecule has 1 aliphatic rings. The molecule has 3 N–H and O–H groups in total. The molecule has 2 bridgehead atoms. The van der Waals surface area contributed by atoms with E-state index in [0.717, 1.165) is 30.5 Å². The maximum atomic E-state index is 15.0. The number of hydrogen-bond donors (Lipinski definition) is 3. The maximum Gasteiger partial charge on any atom is 0.309 e. The van der Waals surface area contributed by atoms with Crippen molar-refractivity contribution in [3.05, 3.63) is 76.2 Å². The lowest BCUT2D eigenvalue weighted by Gasteiger charge is -2.18. The second-order valence-corrected chi connectivity index (χ2v) is 10.2. The third-order valence-electron chi connectivity index (χ3n) is 7.00. The van der Waals surface area contributed by atoms with Gasteiger partial charge in [-0.2, -0.15) is 9.94 Å². The average Bonchev–Trinajstić information content (AvgIpc) is 3.69. The molecule has 1 aliphatic heterocycles. The molecule has 12 nitrogen and oxygen atoms in total. The Balaban J connectivity index is 1.44. The fraction of sp³-hybridized carbons (Fsp3) is 0.276. The van der Waals surface area contributed by atoms with Crippen molar-refractivity contribution in [1.82, 2.24) is 35.5 Å². The minimum absolute atomic E-state index is 0.0383. The quantitative estimate of drug-likeness (QED) is 0.215. The van der Waals surface area contributed by atoms with Crippen LogP contribution in [0, 0.1) is 17.1 Å². The van der Waals surface area contributed by atoms with E-state index in [0.29, 0.717) is 35.7 Å². The van der Waals surface area contributed by atoms with Crippen LogP contribution in [0.3, 0.4) is 0 Å². The van der Waals surface area contributed by atoms with Crippen LogP contribution in [0.5, 0.6) is 0 Å². The van der Waals surface area contributed by atoms with E-state index in [1.54, 1.807) is 12.1 Å². The topological polar surface area (TPSA) is 164 Å². The number of imidazole rings is 1. The molecule has 0 spiro atoms.